The van der Waals surface area contributed by atoms with Crippen LogP contribution < -0.4 is 14.2 Å². The molecule has 0 spiro atoms. The van der Waals surface area contributed by atoms with Crippen molar-refractivity contribution in [1.82, 2.24) is 4.98 Å². The largest absolute Gasteiger partial charge is 0.493 e. The highest BCUT2D eigenvalue weighted by Crippen LogP contribution is 2.33. The van der Waals surface area contributed by atoms with Gasteiger partial charge in [0.1, 0.15) is 18.0 Å². The van der Waals surface area contributed by atoms with E-state index >= 15 is 0 Å². The average Bonchev–Trinajstić information content (AvgIpc) is 2.86. The molecule has 0 aliphatic carbocycles. The molecular weight excluding hydrogens is 510 g/mol. The number of methoxy groups -OCH3 is 1. The minimum absolute atomic E-state index is 0.0690. The molecule has 2 aromatic rings. The number of ketones is 1. The van der Waals surface area contributed by atoms with Gasteiger partial charge in [-0.05, 0) is 49.8 Å². The molecule has 0 saturated heterocycles. The second-order valence-electron chi connectivity index (χ2n) is 9.52. The van der Waals surface area contributed by atoms with Crippen LogP contribution in [0.3, 0.4) is 0 Å². The average molecular weight is 548 g/mol. The van der Waals surface area contributed by atoms with Crippen molar-refractivity contribution in [3.63, 3.8) is 0 Å². The summed E-state index contributed by atoms with van der Waals surface area (Å²) in [6.07, 6.45) is 1.87. The first kappa shape index (κ1) is 31.1. The van der Waals surface area contributed by atoms with Gasteiger partial charge in [0, 0.05) is 30.6 Å². The predicted octanol–water partition coefficient (Wildman–Crippen LogP) is 6.33. The lowest BCUT2D eigenvalue weighted by Crippen LogP contribution is -2.41. The summed E-state index contributed by atoms with van der Waals surface area (Å²) in [5.74, 6) is -1.70. The molecule has 8 nitrogen and oxygen atoms in total. The number of Topliss-reactive ketones (excluding diaryl/α,β-unsaturated/α-hetero) is 1. The lowest BCUT2D eigenvalue weighted by Gasteiger charge is -2.32. The number of aromatic nitrogens is 1. The first-order chi connectivity index (χ1) is 18.0. The summed E-state index contributed by atoms with van der Waals surface area (Å²) >= 11 is 6.13. The van der Waals surface area contributed by atoms with Crippen molar-refractivity contribution in [1.29, 1.82) is 0 Å². The first-order valence-electron chi connectivity index (χ1n) is 12.9. The maximum atomic E-state index is 13.4. The van der Waals surface area contributed by atoms with E-state index in [0.717, 1.165) is 12.8 Å². The van der Waals surface area contributed by atoms with Crippen LogP contribution in [-0.4, -0.2) is 42.0 Å². The SMILES string of the molecule is CCC(CC)[C@@H](Oc1cccc(Cl)c1)[C@H](C)OC(=O)[C@@H](CC(=O)c1nccc(OC)c1OC(C)=O)C(C)C. The van der Waals surface area contributed by atoms with Gasteiger partial charge in [0.15, 0.2) is 17.2 Å². The maximum absolute atomic E-state index is 13.4. The first-order valence-corrected chi connectivity index (χ1v) is 13.3. The Morgan fingerprint density at radius 1 is 1.05 bits per heavy atom. The Kier molecular flexibility index (Phi) is 12.0. The molecule has 2 rings (SSSR count). The fourth-order valence-electron chi connectivity index (χ4n) is 4.28. The lowest BCUT2D eigenvalue weighted by atomic mass is 9.89. The van der Waals surface area contributed by atoms with E-state index in [1.807, 2.05) is 19.9 Å². The molecule has 0 saturated carbocycles. The van der Waals surface area contributed by atoms with Crippen molar-refractivity contribution in [2.45, 2.75) is 73.0 Å². The molecule has 208 valence electrons. The number of halogens is 1. The third kappa shape index (κ3) is 8.45. The Morgan fingerprint density at radius 3 is 2.29 bits per heavy atom. The summed E-state index contributed by atoms with van der Waals surface area (Å²) < 4.78 is 22.6. The Hall–Kier alpha value is -3.13. The van der Waals surface area contributed by atoms with Gasteiger partial charge in [-0.15, -0.1) is 0 Å². The lowest BCUT2D eigenvalue weighted by molar-refractivity contribution is -0.161. The molecule has 0 aliphatic heterocycles. The van der Waals surface area contributed by atoms with E-state index in [0.29, 0.717) is 10.8 Å². The fourth-order valence-corrected chi connectivity index (χ4v) is 4.46. The van der Waals surface area contributed by atoms with Crippen LogP contribution in [0.4, 0.5) is 0 Å². The highest BCUT2D eigenvalue weighted by Gasteiger charge is 2.35. The zero-order valence-corrected chi connectivity index (χ0v) is 23.9. The normalized spacial score (nSPS) is 13.5. The molecule has 0 aliphatic rings. The van der Waals surface area contributed by atoms with Crippen LogP contribution in [0.2, 0.25) is 5.02 Å². The molecule has 1 heterocycles. The number of nitrogens with zero attached hydrogens (tertiary/aromatic N) is 1. The van der Waals surface area contributed by atoms with Crippen molar-refractivity contribution < 1.29 is 33.3 Å². The number of hydrogen-bond acceptors (Lipinski definition) is 8. The number of pyridine rings is 1. The minimum atomic E-state index is -0.753. The molecule has 1 aromatic carbocycles. The standard InChI is InChI=1S/C29H38ClNO7/c1-8-20(9-2)27(38-22-12-10-11-21(30)15-22)18(5)36-29(34)23(17(3)4)16-24(33)26-28(37-19(6)32)25(35-7)13-14-31-26/h10-15,17-18,20,23,27H,8-9,16H2,1-7H3/t18-,23-,27-/m0/s1. The zero-order chi connectivity index (χ0) is 28.4. The molecule has 0 unspecified atom stereocenters. The van der Waals surface area contributed by atoms with Gasteiger partial charge in [0.2, 0.25) is 5.75 Å². The van der Waals surface area contributed by atoms with Gasteiger partial charge in [-0.3, -0.25) is 14.4 Å². The second kappa shape index (κ2) is 14.7. The van der Waals surface area contributed by atoms with Crippen LogP contribution in [0.1, 0.15) is 71.3 Å². The Balaban J connectivity index is 2.26. The smallest absolute Gasteiger partial charge is 0.310 e. The van der Waals surface area contributed by atoms with Crippen LogP contribution in [0, 0.1) is 17.8 Å². The van der Waals surface area contributed by atoms with E-state index in [9.17, 15) is 14.4 Å². The second-order valence-corrected chi connectivity index (χ2v) is 9.96. The maximum Gasteiger partial charge on any atom is 0.310 e. The van der Waals surface area contributed by atoms with E-state index < -0.39 is 35.8 Å². The van der Waals surface area contributed by atoms with Crippen molar-refractivity contribution in [2.75, 3.05) is 7.11 Å². The number of esters is 2. The number of carbonyl (C=O) groups excluding carboxylic acids is 3. The molecule has 9 heteroatoms. The summed E-state index contributed by atoms with van der Waals surface area (Å²) in [4.78, 5) is 42.4. The molecule has 0 fully saturated rings. The molecule has 0 amide bonds. The third-order valence-electron chi connectivity index (χ3n) is 6.46. The van der Waals surface area contributed by atoms with Crippen molar-refractivity contribution in [3.8, 4) is 17.2 Å². The monoisotopic (exact) mass is 547 g/mol. The molecule has 0 bridgehead atoms. The van der Waals surface area contributed by atoms with Gasteiger partial charge in [-0.25, -0.2) is 4.98 Å². The third-order valence-corrected chi connectivity index (χ3v) is 6.69. The van der Waals surface area contributed by atoms with Crippen LogP contribution in [0.15, 0.2) is 36.5 Å². The topological polar surface area (TPSA) is 101 Å². The molecular formula is C29H38ClNO7. The number of hydrogen-bond donors (Lipinski definition) is 0. The predicted molar refractivity (Wildman–Crippen MR) is 145 cm³/mol. The highest BCUT2D eigenvalue weighted by molar-refractivity contribution is 6.30. The van der Waals surface area contributed by atoms with E-state index in [1.54, 1.807) is 25.1 Å². The number of rotatable bonds is 14. The van der Waals surface area contributed by atoms with Crippen molar-refractivity contribution >= 4 is 29.3 Å². The molecule has 38 heavy (non-hydrogen) atoms. The number of benzene rings is 1. The highest BCUT2D eigenvalue weighted by atomic mass is 35.5. The Morgan fingerprint density at radius 2 is 1.74 bits per heavy atom. The van der Waals surface area contributed by atoms with Crippen molar-refractivity contribution in [3.05, 3.63) is 47.2 Å². The van der Waals surface area contributed by atoms with E-state index in [-0.39, 0.29) is 35.4 Å². The summed E-state index contributed by atoms with van der Waals surface area (Å²) in [7, 11) is 1.40. The Labute approximate surface area is 230 Å². The van der Waals surface area contributed by atoms with Crippen LogP contribution in [-0.2, 0) is 14.3 Å². The molecule has 0 N–H and O–H groups in total. The van der Waals surface area contributed by atoms with E-state index in [4.69, 9.17) is 30.5 Å². The molecule has 3 atom stereocenters. The molecule has 1 aromatic heterocycles. The number of ether oxygens (including phenoxy) is 4. The number of carbonyl (C=O) groups is 3. The fraction of sp³-hybridized carbons (Fsp3) is 0.517. The zero-order valence-electron chi connectivity index (χ0n) is 23.2. The quantitative estimate of drug-likeness (QED) is 0.200. The van der Waals surface area contributed by atoms with Crippen LogP contribution in [0.5, 0.6) is 17.2 Å². The van der Waals surface area contributed by atoms with Crippen LogP contribution in [0.25, 0.3) is 0 Å². The summed E-state index contributed by atoms with van der Waals surface area (Å²) in [6, 6.07) is 8.59. The van der Waals surface area contributed by atoms with E-state index in [2.05, 4.69) is 18.8 Å². The van der Waals surface area contributed by atoms with Gasteiger partial charge in [-0.2, -0.15) is 0 Å². The van der Waals surface area contributed by atoms with E-state index in [1.165, 1.54) is 26.3 Å². The summed E-state index contributed by atoms with van der Waals surface area (Å²) in [5.41, 5.74) is -0.0785. The van der Waals surface area contributed by atoms with Gasteiger partial charge < -0.3 is 18.9 Å². The van der Waals surface area contributed by atoms with Gasteiger partial charge in [0.05, 0.1) is 13.0 Å². The molecule has 0 radical (unpaired) electrons. The summed E-state index contributed by atoms with van der Waals surface area (Å²) in [5, 5.41) is 0.549. The van der Waals surface area contributed by atoms with Gasteiger partial charge in [0.25, 0.3) is 0 Å². The minimum Gasteiger partial charge on any atom is -0.493 e. The summed E-state index contributed by atoms with van der Waals surface area (Å²) in [6.45, 7) is 10.8. The van der Waals surface area contributed by atoms with Gasteiger partial charge in [-0.1, -0.05) is 45.4 Å². The van der Waals surface area contributed by atoms with Gasteiger partial charge >= 0.3 is 11.9 Å². The van der Waals surface area contributed by atoms with Crippen molar-refractivity contribution in [2.24, 2.45) is 17.8 Å². The Bertz CT molecular complexity index is 1100. The van der Waals surface area contributed by atoms with Crippen LogP contribution >= 0.6 is 11.6 Å².